The standard InChI is InChI=1S/C11H10F3N5S/c1-5-17-10(19-18-5)20-6-2-3-8(11(12,13)14)7(4-6)9(15)16/h2-4H,1H3,(H3,15,16)(H,17,18,19). The number of hydrogen-bond acceptors (Lipinski definition) is 4. The van der Waals surface area contributed by atoms with Crippen LogP contribution in [-0.2, 0) is 6.18 Å². The molecular formula is C11H10F3N5S. The monoisotopic (exact) mass is 301 g/mol. The van der Waals surface area contributed by atoms with Gasteiger partial charge in [-0.15, -0.1) is 5.10 Å². The molecule has 0 radical (unpaired) electrons. The molecule has 2 rings (SSSR count). The zero-order valence-corrected chi connectivity index (χ0v) is 11.1. The number of amidine groups is 1. The van der Waals surface area contributed by atoms with Crippen molar-refractivity contribution in [1.82, 2.24) is 15.2 Å². The molecule has 0 saturated heterocycles. The van der Waals surface area contributed by atoms with Gasteiger partial charge in [0.25, 0.3) is 0 Å². The lowest BCUT2D eigenvalue weighted by molar-refractivity contribution is -0.137. The van der Waals surface area contributed by atoms with Crippen molar-refractivity contribution in [1.29, 1.82) is 5.41 Å². The molecule has 0 aliphatic rings. The van der Waals surface area contributed by atoms with Crippen LogP contribution in [0.1, 0.15) is 17.0 Å². The van der Waals surface area contributed by atoms with Crippen LogP contribution in [0.3, 0.4) is 0 Å². The first-order valence-electron chi connectivity index (χ1n) is 5.40. The van der Waals surface area contributed by atoms with Crippen molar-refractivity contribution in [2.24, 2.45) is 5.73 Å². The fraction of sp³-hybridized carbons (Fsp3) is 0.182. The van der Waals surface area contributed by atoms with Crippen molar-refractivity contribution in [2.75, 3.05) is 0 Å². The van der Waals surface area contributed by atoms with Crippen LogP contribution < -0.4 is 5.73 Å². The minimum absolute atomic E-state index is 0.352. The highest BCUT2D eigenvalue weighted by Crippen LogP contribution is 2.35. The van der Waals surface area contributed by atoms with Gasteiger partial charge in [0.05, 0.1) is 5.56 Å². The molecule has 0 atom stereocenters. The summed E-state index contributed by atoms with van der Waals surface area (Å²) in [4.78, 5) is 4.52. The van der Waals surface area contributed by atoms with Gasteiger partial charge in [-0.3, -0.25) is 10.5 Å². The lowest BCUT2D eigenvalue weighted by Crippen LogP contribution is -2.18. The number of aromatic nitrogens is 3. The topological polar surface area (TPSA) is 91.4 Å². The first-order valence-corrected chi connectivity index (χ1v) is 6.21. The van der Waals surface area contributed by atoms with E-state index in [1.54, 1.807) is 6.92 Å². The number of hydrogen-bond donors (Lipinski definition) is 3. The Morgan fingerprint density at radius 3 is 2.60 bits per heavy atom. The second kappa shape index (κ2) is 5.16. The molecule has 0 bridgehead atoms. The van der Waals surface area contributed by atoms with Crippen LogP contribution in [0.4, 0.5) is 13.2 Å². The third kappa shape index (κ3) is 3.10. The molecule has 0 amide bonds. The summed E-state index contributed by atoms with van der Waals surface area (Å²) in [6.45, 7) is 1.71. The number of aromatic amines is 1. The minimum Gasteiger partial charge on any atom is -0.384 e. The average Bonchev–Trinajstić information content (AvgIpc) is 2.73. The Bertz CT molecular complexity index is 650. The van der Waals surface area contributed by atoms with Gasteiger partial charge in [0.2, 0.25) is 5.16 Å². The molecule has 1 aromatic carbocycles. The largest absolute Gasteiger partial charge is 0.417 e. The third-order valence-corrected chi connectivity index (χ3v) is 3.23. The van der Waals surface area contributed by atoms with Crippen LogP contribution >= 0.6 is 11.8 Å². The Morgan fingerprint density at radius 2 is 2.10 bits per heavy atom. The summed E-state index contributed by atoms with van der Waals surface area (Å²) in [6.07, 6.45) is -4.55. The fourth-order valence-corrected chi connectivity index (χ4v) is 2.33. The highest BCUT2D eigenvalue weighted by Gasteiger charge is 2.34. The van der Waals surface area contributed by atoms with Gasteiger partial charge in [0.15, 0.2) is 0 Å². The smallest absolute Gasteiger partial charge is 0.384 e. The summed E-state index contributed by atoms with van der Waals surface area (Å²) in [5.74, 6) is -0.0304. The molecule has 0 unspecified atom stereocenters. The molecule has 20 heavy (non-hydrogen) atoms. The predicted octanol–water partition coefficient (Wildman–Crippen LogP) is 2.57. The second-order valence-electron chi connectivity index (χ2n) is 3.92. The van der Waals surface area contributed by atoms with Crippen LogP contribution in [0.5, 0.6) is 0 Å². The molecule has 1 aromatic heterocycles. The molecule has 106 valence electrons. The Kier molecular flexibility index (Phi) is 3.71. The summed E-state index contributed by atoms with van der Waals surface area (Å²) in [5.41, 5.74) is 3.93. The Morgan fingerprint density at radius 1 is 1.40 bits per heavy atom. The molecule has 0 spiro atoms. The highest BCUT2D eigenvalue weighted by atomic mass is 32.2. The van der Waals surface area contributed by atoms with Crippen LogP contribution in [0.25, 0.3) is 0 Å². The van der Waals surface area contributed by atoms with E-state index >= 15 is 0 Å². The van der Waals surface area contributed by atoms with Gasteiger partial charge in [-0.05, 0) is 36.9 Å². The van der Waals surface area contributed by atoms with Crippen molar-refractivity contribution in [2.45, 2.75) is 23.2 Å². The predicted molar refractivity (Wildman–Crippen MR) is 67.7 cm³/mol. The van der Waals surface area contributed by atoms with E-state index < -0.39 is 17.6 Å². The van der Waals surface area contributed by atoms with Crippen molar-refractivity contribution in [3.63, 3.8) is 0 Å². The summed E-state index contributed by atoms with van der Waals surface area (Å²) >= 11 is 1.09. The van der Waals surface area contributed by atoms with Gasteiger partial charge in [0.1, 0.15) is 11.7 Å². The fourth-order valence-electron chi connectivity index (χ4n) is 1.53. The summed E-state index contributed by atoms with van der Waals surface area (Å²) in [5, 5.41) is 14.2. The van der Waals surface area contributed by atoms with Crippen molar-refractivity contribution in [3.05, 3.63) is 35.2 Å². The molecule has 5 nitrogen and oxygen atoms in total. The van der Waals surface area contributed by atoms with Crippen LogP contribution in [0.2, 0.25) is 0 Å². The first kappa shape index (κ1) is 14.4. The Hall–Kier alpha value is -2.03. The number of nitrogens with zero attached hydrogens (tertiary/aromatic N) is 2. The number of benzene rings is 1. The quantitative estimate of drug-likeness (QED) is 0.600. The van der Waals surface area contributed by atoms with Gasteiger partial charge < -0.3 is 5.73 Å². The SMILES string of the molecule is Cc1nc(Sc2ccc(C(F)(F)F)c(C(=N)N)c2)n[nH]1. The number of aryl methyl sites for hydroxylation is 1. The molecule has 0 fully saturated rings. The number of nitrogens with two attached hydrogens (primary N) is 1. The van der Waals surface area contributed by atoms with Crippen molar-refractivity contribution in [3.8, 4) is 0 Å². The van der Waals surface area contributed by atoms with E-state index in [2.05, 4.69) is 15.2 Å². The summed E-state index contributed by atoms with van der Waals surface area (Å²) in [7, 11) is 0. The molecule has 0 aliphatic heterocycles. The van der Waals surface area contributed by atoms with E-state index in [1.165, 1.54) is 12.1 Å². The molecule has 1 heterocycles. The van der Waals surface area contributed by atoms with E-state index in [0.29, 0.717) is 15.9 Å². The van der Waals surface area contributed by atoms with E-state index in [0.717, 1.165) is 17.8 Å². The lowest BCUT2D eigenvalue weighted by Gasteiger charge is -2.12. The number of H-pyrrole nitrogens is 1. The molecule has 4 N–H and O–H groups in total. The molecule has 2 aromatic rings. The Balaban J connectivity index is 2.38. The molecular weight excluding hydrogens is 291 g/mol. The van der Waals surface area contributed by atoms with Crippen LogP contribution in [0.15, 0.2) is 28.3 Å². The maximum Gasteiger partial charge on any atom is 0.417 e. The number of nitrogens with one attached hydrogen (secondary N) is 2. The second-order valence-corrected chi connectivity index (χ2v) is 4.96. The lowest BCUT2D eigenvalue weighted by atomic mass is 10.1. The third-order valence-electron chi connectivity index (χ3n) is 2.37. The van der Waals surface area contributed by atoms with E-state index in [4.69, 9.17) is 11.1 Å². The van der Waals surface area contributed by atoms with Gasteiger partial charge in [0, 0.05) is 10.5 Å². The summed E-state index contributed by atoms with van der Waals surface area (Å²) < 4.78 is 38.3. The van der Waals surface area contributed by atoms with Gasteiger partial charge in [-0.25, -0.2) is 4.98 Å². The summed E-state index contributed by atoms with van der Waals surface area (Å²) in [6, 6.07) is 3.41. The normalized spacial score (nSPS) is 11.6. The van der Waals surface area contributed by atoms with Crippen LogP contribution in [0, 0.1) is 12.3 Å². The zero-order chi connectivity index (χ0) is 14.9. The molecule has 0 aliphatic carbocycles. The number of rotatable bonds is 3. The van der Waals surface area contributed by atoms with Gasteiger partial charge in [-0.1, -0.05) is 0 Å². The highest BCUT2D eigenvalue weighted by molar-refractivity contribution is 7.99. The van der Waals surface area contributed by atoms with Crippen LogP contribution in [-0.4, -0.2) is 21.0 Å². The van der Waals surface area contributed by atoms with Gasteiger partial charge >= 0.3 is 6.18 Å². The van der Waals surface area contributed by atoms with Gasteiger partial charge in [-0.2, -0.15) is 13.2 Å². The molecule has 0 saturated carbocycles. The number of halogens is 3. The van der Waals surface area contributed by atoms with E-state index in [9.17, 15) is 13.2 Å². The first-order chi connectivity index (χ1) is 9.27. The Labute approximate surface area is 116 Å². The zero-order valence-electron chi connectivity index (χ0n) is 10.2. The van der Waals surface area contributed by atoms with Crippen molar-refractivity contribution < 1.29 is 13.2 Å². The maximum absolute atomic E-state index is 12.8. The maximum atomic E-state index is 12.8. The average molecular weight is 301 g/mol. The van der Waals surface area contributed by atoms with Crippen molar-refractivity contribution >= 4 is 17.6 Å². The van der Waals surface area contributed by atoms with E-state index in [1.807, 2.05) is 0 Å². The number of alkyl halides is 3. The number of nitrogen functional groups attached to an aromatic ring is 1. The van der Waals surface area contributed by atoms with E-state index in [-0.39, 0.29) is 5.56 Å². The minimum atomic E-state index is -4.55. The molecule has 9 heteroatoms.